The van der Waals surface area contributed by atoms with Crippen LogP contribution in [-0.4, -0.2) is 47.9 Å². The van der Waals surface area contributed by atoms with Crippen LogP contribution in [0.15, 0.2) is 28.7 Å². The number of carbonyl (C=O) groups excluding carboxylic acids is 1. The predicted molar refractivity (Wildman–Crippen MR) is 98.9 cm³/mol. The number of benzene rings is 1. The second-order valence-electron chi connectivity index (χ2n) is 5.82. The highest BCUT2D eigenvalue weighted by Crippen LogP contribution is 2.23. The third-order valence-corrected chi connectivity index (χ3v) is 4.92. The molecule has 1 N–H and O–H groups in total. The molecule has 1 aromatic heterocycles. The van der Waals surface area contributed by atoms with Crippen LogP contribution in [0.3, 0.4) is 0 Å². The minimum absolute atomic E-state index is 0.119. The van der Waals surface area contributed by atoms with Gasteiger partial charge in [0, 0.05) is 30.6 Å². The molecule has 142 valence electrons. The van der Waals surface area contributed by atoms with E-state index in [9.17, 15) is 9.00 Å². The van der Waals surface area contributed by atoms with Gasteiger partial charge in [0.25, 0.3) is 0 Å². The second-order valence-corrected chi connectivity index (χ2v) is 7.28. The molecule has 0 aliphatic heterocycles. The molecule has 0 radical (unpaired) electrons. The van der Waals surface area contributed by atoms with Gasteiger partial charge in [-0.3, -0.25) is 9.00 Å². The number of methoxy groups -OCH3 is 2. The minimum Gasteiger partial charge on any atom is -0.441 e. The van der Waals surface area contributed by atoms with Crippen molar-refractivity contribution in [3.05, 3.63) is 41.3 Å². The Morgan fingerprint density at radius 1 is 1.31 bits per heavy atom. The number of ether oxygens (including phenoxy) is 2. The highest BCUT2D eigenvalue weighted by atomic mass is 32.2. The average molecular weight is 380 g/mol. The van der Waals surface area contributed by atoms with Gasteiger partial charge in [-0.2, -0.15) is 0 Å². The van der Waals surface area contributed by atoms with E-state index in [1.807, 2.05) is 31.2 Å². The van der Waals surface area contributed by atoms with Crippen LogP contribution in [0.25, 0.3) is 11.5 Å². The first-order valence-corrected chi connectivity index (χ1v) is 9.62. The van der Waals surface area contributed by atoms with Gasteiger partial charge >= 0.3 is 0 Å². The second kappa shape index (κ2) is 9.61. The Kier molecular flexibility index (Phi) is 7.50. The van der Waals surface area contributed by atoms with Crippen molar-refractivity contribution in [3.8, 4) is 11.5 Å². The Balaban J connectivity index is 1.94. The lowest BCUT2D eigenvalue weighted by Crippen LogP contribution is -2.36. The average Bonchev–Trinajstić information content (AvgIpc) is 2.96. The topological polar surface area (TPSA) is 90.7 Å². The fraction of sp³-hybridized carbons (Fsp3) is 0.444. The zero-order valence-electron chi connectivity index (χ0n) is 15.4. The Bertz CT molecular complexity index is 771. The van der Waals surface area contributed by atoms with E-state index in [2.05, 4.69) is 10.3 Å². The molecule has 26 heavy (non-hydrogen) atoms. The molecule has 8 heteroatoms. The van der Waals surface area contributed by atoms with Crippen LogP contribution in [0.1, 0.15) is 17.0 Å². The number of nitrogens with one attached hydrogen (secondary N) is 1. The molecule has 0 aliphatic carbocycles. The normalized spacial score (nSPS) is 12.3. The van der Waals surface area contributed by atoms with Gasteiger partial charge in [-0.25, -0.2) is 4.98 Å². The van der Waals surface area contributed by atoms with Gasteiger partial charge in [0.05, 0.1) is 18.0 Å². The maximum absolute atomic E-state index is 12.3. The van der Waals surface area contributed by atoms with E-state index in [1.54, 1.807) is 6.92 Å². The molecule has 1 amide bonds. The fourth-order valence-electron chi connectivity index (χ4n) is 2.32. The lowest BCUT2D eigenvalue weighted by Gasteiger charge is -2.13. The van der Waals surface area contributed by atoms with Crippen molar-refractivity contribution in [3.63, 3.8) is 0 Å². The van der Waals surface area contributed by atoms with Crippen molar-refractivity contribution in [1.82, 2.24) is 10.3 Å². The van der Waals surface area contributed by atoms with Gasteiger partial charge in [-0.05, 0) is 26.0 Å². The molecule has 2 rings (SSSR count). The van der Waals surface area contributed by atoms with Crippen LogP contribution in [0, 0.1) is 13.8 Å². The minimum atomic E-state index is -1.39. The lowest BCUT2D eigenvalue weighted by molar-refractivity contribution is -0.125. The van der Waals surface area contributed by atoms with Crippen molar-refractivity contribution >= 4 is 16.7 Å². The summed E-state index contributed by atoms with van der Waals surface area (Å²) in [5, 5.41) is 2.63. The number of oxazole rings is 1. The first-order valence-electron chi connectivity index (χ1n) is 8.13. The standard InChI is InChI=1S/C18H24N2O5S/c1-12-6-5-7-14(8-12)18-20-15(13(2)25-18)10-26(22)11-16(21)19-9-17(23-3)24-4/h5-8,17H,9-11H2,1-4H3,(H,19,21)/t26-/m1/s1. The van der Waals surface area contributed by atoms with Crippen LogP contribution in [0.2, 0.25) is 0 Å². The summed E-state index contributed by atoms with van der Waals surface area (Å²) in [5.41, 5.74) is 2.57. The summed E-state index contributed by atoms with van der Waals surface area (Å²) in [6.45, 7) is 3.97. The Hall–Kier alpha value is -2.03. The van der Waals surface area contributed by atoms with Gasteiger partial charge < -0.3 is 19.2 Å². The van der Waals surface area contributed by atoms with Crippen molar-refractivity contribution in [1.29, 1.82) is 0 Å². The number of amides is 1. The summed E-state index contributed by atoms with van der Waals surface area (Å²) < 4.78 is 27.9. The molecule has 1 atom stereocenters. The van der Waals surface area contributed by atoms with Crippen molar-refractivity contribution in [2.45, 2.75) is 25.9 Å². The van der Waals surface area contributed by atoms with E-state index in [4.69, 9.17) is 13.9 Å². The number of hydrogen-bond acceptors (Lipinski definition) is 6. The van der Waals surface area contributed by atoms with E-state index >= 15 is 0 Å². The molecular weight excluding hydrogens is 356 g/mol. The summed E-state index contributed by atoms with van der Waals surface area (Å²) in [6, 6.07) is 7.81. The van der Waals surface area contributed by atoms with Gasteiger partial charge in [-0.1, -0.05) is 17.7 Å². The van der Waals surface area contributed by atoms with E-state index in [1.165, 1.54) is 14.2 Å². The molecule has 1 aromatic carbocycles. The summed E-state index contributed by atoms with van der Waals surface area (Å²) in [6.07, 6.45) is -0.526. The van der Waals surface area contributed by atoms with Crippen LogP contribution in [-0.2, 0) is 30.8 Å². The van der Waals surface area contributed by atoms with Gasteiger partial charge in [-0.15, -0.1) is 0 Å². The first kappa shape index (κ1) is 20.3. The van der Waals surface area contributed by atoms with Crippen LogP contribution < -0.4 is 5.32 Å². The highest BCUT2D eigenvalue weighted by molar-refractivity contribution is 7.84. The maximum Gasteiger partial charge on any atom is 0.232 e. The molecule has 0 aliphatic rings. The van der Waals surface area contributed by atoms with Crippen molar-refractivity contribution < 1.29 is 22.9 Å². The molecule has 0 spiro atoms. The summed E-state index contributed by atoms with van der Waals surface area (Å²) >= 11 is 0. The summed E-state index contributed by atoms with van der Waals surface area (Å²) in [4.78, 5) is 16.3. The number of rotatable bonds is 9. The van der Waals surface area contributed by atoms with Gasteiger partial charge in [0.1, 0.15) is 11.5 Å². The fourth-order valence-corrected chi connectivity index (χ4v) is 3.39. The zero-order chi connectivity index (χ0) is 19.1. The lowest BCUT2D eigenvalue weighted by atomic mass is 10.1. The molecule has 0 saturated heterocycles. The number of carbonyl (C=O) groups is 1. The van der Waals surface area contributed by atoms with Crippen molar-refractivity contribution in [2.24, 2.45) is 0 Å². The number of aromatic nitrogens is 1. The van der Waals surface area contributed by atoms with Crippen LogP contribution in [0.4, 0.5) is 0 Å². The van der Waals surface area contributed by atoms with Crippen LogP contribution in [0.5, 0.6) is 0 Å². The highest BCUT2D eigenvalue weighted by Gasteiger charge is 2.16. The van der Waals surface area contributed by atoms with Crippen LogP contribution >= 0.6 is 0 Å². The van der Waals surface area contributed by atoms with E-state index in [0.29, 0.717) is 17.3 Å². The van der Waals surface area contributed by atoms with E-state index < -0.39 is 17.1 Å². The Morgan fingerprint density at radius 2 is 2.04 bits per heavy atom. The van der Waals surface area contributed by atoms with Crippen molar-refractivity contribution in [2.75, 3.05) is 26.5 Å². The quantitative estimate of drug-likeness (QED) is 0.669. The largest absolute Gasteiger partial charge is 0.441 e. The molecule has 0 bridgehead atoms. The van der Waals surface area contributed by atoms with Gasteiger partial charge in [0.15, 0.2) is 6.29 Å². The predicted octanol–water partition coefficient (Wildman–Crippen LogP) is 1.94. The molecule has 1 heterocycles. The summed E-state index contributed by atoms with van der Waals surface area (Å²) in [5.74, 6) is 0.806. The SMILES string of the molecule is COC(CNC(=O)C[S@](=O)Cc1nc(-c2cccc(C)c2)oc1C)OC. The number of hydrogen-bond donors (Lipinski definition) is 1. The maximum atomic E-state index is 12.3. The Morgan fingerprint density at radius 3 is 2.69 bits per heavy atom. The van der Waals surface area contributed by atoms with E-state index in [0.717, 1.165) is 11.1 Å². The first-order chi connectivity index (χ1) is 12.4. The number of nitrogens with zero attached hydrogens (tertiary/aromatic N) is 1. The monoisotopic (exact) mass is 380 g/mol. The summed E-state index contributed by atoms with van der Waals surface area (Å²) in [7, 11) is 1.57. The molecule has 0 unspecified atom stereocenters. The molecule has 0 saturated carbocycles. The smallest absolute Gasteiger partial charge is 0.232 e. The zero-order valence-corrected chi connectivity index (χ0v) is 16.2. The van der Waals surface area contributed by atoms with E-state index in [-0.39, 0.29) is 24.0 Å². The number of aryl methyl sites for hydroxylation is 2. The molecular formula is C18H24N2O5S. The third kappa shape index (κ3) is 5.76. The molecule has 7 nitrogen and oxygen atoms in total. The Labute approximate surface area is 155 Å². The van der Waals surface area contributed by atoms with Gasteiger partial charge in [0.2, 0.25) is 11.8 Å². The molecule has 0 fully saturated rings. The molecule has 2 aromatic rings. The third-order valence-electron chi connectivity index (χ3n) is 3.74.